The maximum Gasteiger partial charge on any atom is 0.257 e. The lowest BCUT2D eigenvalue weighted by Crippen LogP contribution is -2.39. The molecule has 18 heavy (non-hydrogen) atoms. The van der Waals surface area contributed by atoms with E-state index >= 15 is 0 Å². The van der Waals surface area contributed by atoms with Crippen LogP contribution >= 0.6 is 23.2 Å². The molecule has 1 atom stereocenters. The Morgan fingerprint density at radius 3 is 2.83 bits per heavy atom. The first-order valence-electron chi connectivity index (χ1n) is 5.54. The van der Waals surface area contributed by atoms with Gasteiger partial charge in [-0.1, -0.05) is 23.2 Å². The Hall–Kier alpha value is -0.970. The molecule has 6 heteroatoms. The molecular formula is C12H16Cl2N2O2. The first-order valence-corrected chi connectivity index (χ1v) is 6.30. The molecule has 0 bridgehead atoms. The van der Waals surface area contributed by atoms with E-state index in [-0.39, 0.29) is 18.6 Å². The second-order valence-corrected chi connectivity index (χ2v) is 4.70. The van der Waals surface area contributed by atoms with Crippen molar-refractivity contribution in [3.8, 4) is 5.75 Å². The van der Waals surface area contributed by atoms with Crippen molar-refractivity contribution < 1.29 is 9.53 Å². The number of halogens is 2. The number of likely N-dealkylation sites (N-methyl/N-ethyl adjacent to an activating group) is 1. The molecule has 1 amide bonds. The van der Waals surface area contributed by atoms with Crippen molar-refractivity contribution in [2.45, 2.75) is 13.0 Å². The van der Waals surface area contributed by atoms with Crippen LogP contribution in [-0.4, -0.2) is 32.1 Å². The summed E-state index contributed by atoms with van der Waals surface area (Å²) >= 11 is 11.7. The molecule has 1 aromatic rings. The van der Waals surface area contributed by atoms with Crippen molar-refractivity contribution in [2.24, 2.45) is 0 Å². The van der Waals surface area contributed by atoms with Crippen molar-refractivity contribution >= 4 is 29.1 Å². The second kappa shape index (κ2) is 7.46. The third kappa shape index (κ3) is 5.12. The molecule has 0 aliphatic heterocycles. The summed E-state index contributed by atoms with van der Waals surface area (Å²) in [5.74, 6) is 0.203. The average Bonchev–Trinajstić information content (AvgIpc) is 2.36. The molecule has 1 rings (SSSR count). The van der Waals surface area contributed by atoms with E-state index in [9.17, 15) is 4.79 Å². The minimum atomic E-state index is -0.201. The molecule has 0 saturated carbocycles. The highest BCUT2D eigenvalue weighted by Gasteiger charge is 2.07. The summed E-state index contributed by atoms with van der Waals surface area (Å²) in [4.78, 5) is 11.5. The predicted molar refractivity (Wildman–Crippen MR) is 73.5 cm³/mol. The fraction of sp³-hybridized carbons (Fsp3) is 0.417. The number of hydrogen-bond acceptors (Lipinski definition) is 3. The van der Waals surface area contributed by atoms with E-state index in [2.05, 4.69) is 10.6 Å². The van der Waals surface area contributed by atoms with Crippen LogP contribution in [0.3, 0.4) is 0 Å². The van der Waals surface area contributed by atoms with Gasteiger partial charge >= 0.3 is 0 Å². The Kier molecular flexibility index (Phi) is 6.25. The third-order valence-electron chi connectivity index (χ3n) is 2.35. The van der Waals surface area contributed by atoms with Crippen molar-refractivity contribution in [2.75, 3.05) is 20.2 Å². The van der Waals surface area contributed by atoms with Crippen LogP contribution in [0.2, 0.25) is 10.0 Å². The Balaban J connectivity index is 2.40. The SMILES string of the molecule is CNC(C)CNC(=O)COc1cc(Cl)ccc1Cl. The largest absolute Gasteiger partial charge is 0.482 e. The minimum Gasteiger partial charge on any atom is -0.482 e. The molecule has 1 aromatic carbocycles. The number of ether oxygens (including phenoxy) is 1. The maximum atomic E-state index is 11.5. The molecular weight excluding hydrogens is 275 g/mol. The molecule has 0 radical (unpaired) electrons. The van der Waals surface area contributed by atoms with E-state index in [4.69, 9.17) is 27.9 Å². The number of amides is 1. The molecule has 0 aliphatic carbocycles. The Morgan fingerprint density at radius 1 is 1.44 bits per heavy atom. The summed E-state index contributed by atoms with van der Waals surface area (Å²) in [5.41, 5.74) is 0. The van der Waals surface area contributed by atoms with Crippen molar-refractivity contribution in [3.05, 3.63) is 28.2 Å². The van der Waals surface area contributed by atoms with Crippen molar-refractivity contribution in [1.82, 2.24) is 10.6 Å². The number of nitrogens with one attached hydrogen (secondary N) is 2. The maximum absolute atomic E-state index is 11.5. The number of benzene rings is 1. The normalized spacial score (nSPS) is 12.0. The average molecular weight is 291 g/mol. The van der Waals surface area contributed by atoms with E-state index in [1.165, 1.54) is 0 Å². The summed E-state index contributed by atoms with van der Waals surface area (Å²) in [6.07, 6.45) is 0. The fourth-order valence-corrected chi connectivity index (χ4v) is 1.49. The zero-order valence-electron chi connectivity index (χ0n) is 10.3. The number of carbonyl (C=O) groups is 1. The smallest absolute Gasteiger partial charge is 0.257 e. The van der Waals surface area contributed by atoms with Crippen LogP contribution in [0, 0.1) is 0 Å². The van der Waals surface area contributed by atoms with Gasteiger partial charge in [0, 0.05) is 23.7 Å². The molecule has 4 nitrogen and oxygen atoms in total. The van der Waals surface area contributed by atoms with Crippen LogP contribution in [-0.2, 0) is 4.79 Å². The zero-order chi connectivity index (χ0) is 13.5. The summed E-state index contributed by atoms with van der Waals surface area (Å²) in [5, 5.41) is 6.69. The second-order valence-electron chi connectivity index (χ2n) is 3.86. The van der Waals surface area contributed by atoms with Gasteiger partial charge in [-0.15, -0.1) is 0 Å². The lowest BCUT2D eigenvalue weighted by Gasteiger charge is -2.12. The molecule has 1 unspecified atom stereocenters. The van der Waals surface area contributed by atoms with Gasteiger partial charge < -0.3 is 15.4 Å². The van der Waals surface area contributed by atoms with E-state index in [0.717, 1.165) is 0 Å². The van der Waals surface area contributed by atoms with Gasteiger partial charge in [-0.05, 0) is 26.1 Å². The summed E-state index contributed by atoms with van der Waals surface area (Å²) in [6, 6.07) is 5.07. The third-order valence-corrected chi connectivity index (χ3v) is 2.90. The highest BCUT2D eigenvalue weighted by atomic mass is 35.5. The number of rotatable bonds is 6. The summed E-state index contributed by atoms with van der Waals surface area (Å²) in [6.45, 7) is 2.42. The monoisotopic (exact) mass is 290 g/mol. The highest BCUT2D eigenvalue weighted by Crippen LogP contribution is 2.27. The molecule has 2 N–H and O–H groups in total. The lowest BCUT2D eigenvalue weighted by atomic mass is 10.3. The van der Waals surface area contributed by atoms with E-state index in [0.29, 0.717) is 22.3 Å². The molecule has 0 aromatic heterocycles. The molecule has 0 aliphatic rings. The van der Waals surface area contributed by atoms with Crippen LogP contribution in [0.15, 0.2) is 18.2 Å². The fourth-order valence-electron chi connectivity index (χ4n) is 1.15. The van der Waals surface area contributed by atoms with Gasteiger partial charge in [0.1, 0.15) is 5.75 Å². The van der Waals surface area contributed by atoms with Gasteiger partial charge in [0.2, 0.25) is 0 Å². The van der Waals surface area contributed by atoms with Crippen LogP contribution in [0.4, 0.5) is 0 Å². The first kappa shape index (κ1) is 15.1. The number of carbonyl (C=O) groups excluding carboxylic acids is 1. The van der Waals surface area contributed by atoms with E-state index < -0.39 is 0 Å². The van der Waals surface area contributed by atoms with Gasteiger partial charge in [0.25, 0.3) is 5.91 Å². The number of hydrogen-bond donors (Lipinski definition) is 2. The van der Waals surface area contributed by atoms with Crippen LogP contribution < -0.4 is 15.4 Å². The molecule has 0 spiro atoms. The zero-order valence-corrected chi connectivity index (χ0v) is 11.8. The summed E-state index contributed by atoms with van der Waals surface area (Å²) < 4.78 is 5.30. The van der Waals surface area contributed by atoms with E-state index in [1.807, 2.05) is 14.0 Å². The standard InChI is InChI=1S/C12H16Cl2N2O2/c1-8(15-2)6-16-12(17)7-18-11-5-9(13)3-4-10(11)14/h3-5,8,15H,6-7H2,1-2H3,(H,16,17). The van der Waals surface area contributed by atoms with Gasteiger partial charge in [-0.25, -0.2) is 0 Å². The van der Waals surface area contributed by atoms with Gasteiger partial charge in [-0.2, -0.15) is 0 Å². The molecule has 100 valence electrons. The van der Waals surface area contributed by atoms with Crippen molar-refractivity contribution in [1.29, 1.82) is 0 Å². The van der Waals surface area contributed by atoms with Crippen molar-refractivity contribution in [3.63, 3.8) is 0 Å². The van der Waals surface area contributed by atoms with E-state index in [1.54, 1.807) is 18.2 Å². The topological polar surface area (TPSA) is 50.4 Å². The van der Waals surface area contributed by atoms with Gasteiger partial charge in [0.05, 0.1) is 5.02 Å². The molecule has 0 saturated heterocycles. The Morgan fingerprint density at radius 2 is 2.17 bits per heavy atom. The Bertz CT molecular complexity index is 413. The molecule has 0 heterocycles. The molecule has 0 fully saturated rings. The van der Waals surface area contributed by atoms with Gasteiger partial charge in [0.15, 0.2) is 6.61 Å². The summed E-state index contributed by atoms with van der Waals surface area (Å²) in [7, 11) is 1.83. The Labute approximate surface area is 117 Å². The minimum absolute atomic E-state index is 0.0868. The lowest BCUT2D eigenvalue weighted by molar-refractivity contribution is -0.123. The highest BCUT2D eigenvalue weighted by molar-refractivity contribution is 6.34. The van der Waals surface area contributed by atoms with Gasteiger partial charge in [-0.3, -0.25) is 4.79 Å². The van der Waals surface area contributed by atoms with Crippen LogP contribution in [0.5, 0.6) is 5.75 Å². The van der Waals surface area contributed by atoms with Crippen LogP contribution in [0.25, 0.3) is 0 Å². The van der Waals surface area contributed by atoms with Crippen LogP contribution in [0.1, 0.15) is 6.92 Å². The quantitative estimate of drug-likeness (QED) is 0.844. The first-order chi connectivity index (χ1) is 8.52. The predicted octanol–water partition coefficient (Wildman–Crippen LogP) is 2.10.